The molecule has 0 aliphatic rings. The van der Waals surface area contributed by atoms with Crippen LogP contribution in [-0.2, 0) is 0 Å². The number of fused-ring (bicyclic) bond motifs is 1. The van der Waals surface area contributed by atoms with Gasteiger partial charge in [0.25, 0.3) is 5.56 Å². The summed E-state index contributed by atoms with van der Waals surface area (Å²) in [5.41, 5.74) is 6.83. The lowest BCUT2D eigenvalue weighted by Crippen LogP contribution is -2.23. The molecule has 0 bridgehead atoms. The van der Waals surface area contributed by atoms with Gasteiger partial charge in [0.2, 0.25) is 5.95 Å². The van der Waals surface area contributed by atoms with Gasteiger partial charge in [0.05, 0.1) is 28.0 Å². The molecule has 30 heavy (non-hydrogen) atoms. The van der Waals surface area contributed by atoms with Crippen molar-refractivity contribution in [1.29, 1.82) is 0 Å². The number of nitrogens with zero attached hydrogens (tertiary/aromatic N) is 4. The number of aromatic nitrogens is 3. The van der Waals surface area contributed by atoms with Crippen LogP contribution in [0.3, 0.4) is 0 Å². The summed E-state index contributed by atoms with van der Waals surface area (Å²) in [7, 11) is 0. The van der Waals surface area contributed by atoms with E-state index in [0.29, 0.717) is 28.5 Å². The Morgan fingerprint density at radius 1 is 1.00 bits per heavy atom. The maximum Gasteiger partial charge on any atom is 0.267 e. The van der Waals surface area contributed by atoms with Crippen LogP contribution in [0.2, 0.25) is 0 Å². The van der Waals surface area contributed by atoms with E-state index in [-0.39, 0.29) is 5.56 Å². The predicted octanol–water partition coefficient (Wildman–Crippen LogP) is 4.74. The number of anilines is 1. The van der Waals surface area contributed by atoms with E-state index in [0.717, 1.165) is 11.4 Å². The Morgan fingerprint density at radius 3 is 2.43 bits per heavy atom. The summed E-state index contributed by atoms with van der Waals surface area (Å²) < 4.78 is 1.56. The zero-order valence-electron chi connectivity index (χ0n) is 17.2. The van der Waals surface area contributed by atoms with Crippen LogP contribution in [0, 0.1) is 0 Å². The highest BCUT2D eigenvalue weighted by Gasteiger charge is 2.13. The van der Waals surface area contributed by atoms with Gasteiger partial charge < -0.3 is 0 Å². The first-order valence-corrected chi connectivity index (χ1v) is 9.88. The molecule has 2 aromatic heterocycles. The Morgan fingerprint density at radius 2 is 1.73 bits per heavy atom. The van der Waals surface area contributed by atoms with Crippen LogP contribution >= 0.6 is 0 Å². The fourth-order valence-electron chi connectivity index (χ4n) is 3.22. The summed E-state index contributed by atoms with van der Waals surface area (Å²) in [4.78, 5) is 22.3. The van der Waals surface area contributed by atoms with Crippen LogP contribution in [0.5, 0.6) is 0 Å². The van der Waals surface area contributed by atoms with Crippen molar-refractivity contribution in [3.8, 4) is 5.69 Å². The van der Waals surface area contributed by atoms with Gasteiger partial charge in [0.1, 0.15) is 0 Å². The topological polar surface area (TPSA) is 72.2 Å². The highest BCUT2D eigenvalue weighted by atomic mass is 16.1. The van der Waals surface area contributed by atoms with Crippen molar-refractivity contribution in [2.45, 2.75) is 26.7 Å². The van der Waals surface area contributed by atoms with Gasteiger partial charge in [-0.15, -0.1) is 0 Å². The van der Waals surface area contributed by atoms with Crippen molar-refractivity contribution in [2.75, 3.05) is 5.43 Å². The molecule has 0 spiro atoms. The SMILES string of the molecule is C/C(=N/Nc1nc2ccccc2c(=O)n1-c1ccc(C(C)C)cc1)c1ccccn1. The highest BCUT2D eigenvalue weighted by Crippen LogP contribution is 2.20. The Kier molecular flexibility index (Phi) is 5.39. The van der Waals surface area contributed by atoms with Crippen LogP contribution in [0.25, 0.3) is 16.6 Å². The lowest BCUT2D eigenvalue weighted by molar-refractivity contribution is 0.863. The molecule has 6 nitrogen and oxygen atoms in total. The van der Waals surface area contributed by atoms with Crippen molar-refractivity contribution in [1.82, 2.24) is 14.5 Å². The lowest BCUT2D eigenvalue weighted by Gasteiger charge is -2.14. The van der Waals surface area contributed by atoms with E-state index in [1.807, 2.05) is 67.6 Å². The minimum atomic E-state index is -0.147. The smallest absolute Gasteiger partial charge is 0.267 e. The zero-order chi connectivity index (χ0) is 21.1. The van der Waals surface area contributed by atoms with Gasteiger partial charge in [0.15, 0.2) is 0 Å². The number of rotatable bonds is 5. The van der Waals surface area contributed by atoms with Gasteiger partial charge in [-0.2, -0.15) is 5.10 Å². The normalized spacial score (nSPS) is 11.8. The van der Waals surface area contributed by atoms with E-state index < -0.39 is 0 Å². The Bertz CT molecular complexity index is 1260. The molecule has 0 aliphatic heterocycles. The van der Waals surface area contributed by atoms with E-state index in [2.05, 4.69) is 34.3 Å². The number of hydrogen-bond acceptors (Lipinski definition) is 5. The molecule has 6 heteroatoms. The molecule has 0 fully saturated rings. The average molecular weight is 397 g/mol. The summed E-state index contributed by atoms with van der Waals surface area (Å²) in [5, 5.41) is 4.98. The molecule has 0 atom stereocenters. The molecule has 2 aromatic carbocycles. The van der Waals surface area contributed by atoms with Crippen LogP contribution in [-0.4, -0.2) is 20.2 Å². The summed E-state index contributed by atoms with van der Waals surface area (Å²) in [6, 6.07) is 20.9. The third-order valence-electron chi connectivity index (χ3n) is 4.95. The van der Waals surface area contributed by atoms with Gasteiger partial charge >= 0.3 is 0 Å². The summed E-state index contributed by atoms with van der Waals surface area (Å²) in [6.07, 6.45) is 1.72. The van der Waals surface area contributed by atoms with E-state index in [1.165, 1.54) is 5.56 Å². The standard InChI is InChI=1S/C24H23N5O/c1-16(2)18-11-13-19(14-12-18)29-23(30)20-8-4-5-10-22(20)26-24(29)28-27-17(3)21-9-6-7-15-25-21/h4-16H,1-3H3,(H,26,28)/b27-17-. The van der Waals surface area contributed by atoms with Gasteiger partial charge in [-0.25, -0.2) is 15.0 Å². The first-order valence-electron chi connectivity index (χ1n) is 9.88. The van der Waals surface area contributed by atoms with Gasteiger partial charge in [-0.1, -0.05) is 44.2 Å². The third kappa shape index (κ3) is 3.85. The first kappa shape index (κ1) is 19.5. The van der Waals surface area contributed by atoms with E-state index in [1.54, 1.807) is 16.8 Å². The molecular formula is C24H23N5O. The molecule has 0 saturated carbocycles. The van der Waals surface area contributed by atoms with E-state index in [4.69, 9.17) is 0 Å². The molecule has 0 amide bonds. The highest BCUT2D eigenvalue weighted by molar-refractivity contribution is 5.97. The largest absolute Gasteiger partial charge is 0.268 e. The summed E-state index contributed by atoms with van der Waals surface area (Å²) in [5.74, 6) is 0.764. The number of hydrogen-bond donors (Lipinski definition) is 1. The van der Waals surface area contributed by atoms with Crippen molar-refractivity contribution in [2.24, 2.45) is 5.10 Å². The second-order valence-electron chi connectivity index (χ2n) is 7.36. The monoisotopic (exact) mass is 397 g/mol. The van der Waals surface area contributed by atoms with E-state index in [9.17, 15) is 4.79 Å². The molecule has 0 unspecified atom stereocenters. The van der Waals surface area contributed by atoms with Gasteiger partial charge in [-0.3, -0.25) is 9.78 Å². The molecule has 4 rings (SSSR count). The number of hydrazone groups is 1. The summed E-state index contributed by atoms with van der Waals surface area (Å²) in [6.45, 7) is 6.14. The van der Waals surface area contributed by atoms with Crippen LogP contribution in [0.4, 0.5) is 5.95 Å². The van der Waals surface area contributed by atoms with E-state index >= 15 is 0 Å². The maximum absolute atomic E-state index is 13.3. The number of para-hydroxylation sites is 1. The van der Waals surface area contributed by atoms with Crippen molar-refractivity contribution in [3.05, 3.63) is 94.5 Å². The molecule has 0 radical (unpaired) electrons. The van der Waals surface area contributed by atoms with Crippen molar-refractivity contribution >= 4 is 22.6 Å². The molecule has 2 heterocycles. The van der Waals surface area contributed by atoms with Gasteiger partial charge in [-0.05, 0) is 54.8 Å². The summed E-state index contributed by atoms with van der Waals surface area (Å²) >= 11 is 0. The van der Waals surface area contributed by atoms with Crippen LogP contribution in [0.15, 0.2) is 82.8 Å². The number of benzene rings is 2. The average Bonchev–Trinajstić information content (AvgIpc) is 2.78. The third-order valence-corrected chi connectivity index (χ3v) is 4.95. The van der Waals surface area contributed by atoms with Crippen molar-refractivity contribution in [3.63, 3.8) is 0 Å². The fraction of sp³-hybridized carbons (Fsp3) is 0.167. The second kappa shape index (κ2) is 8.29. The quantitative estimate of drug-likeness (QED) is 0.390. The minimum absolute atomic E-state index is 0.147. The van der Waals surface area contributed by atoms with Crippen LogP contribution < -0.4 is 11.0 Å². The Hall–Kier alpha value is -3.80. The maximum atomic E-state index is 13.3. The fourth-order valence-corrected chi connectivity index (χ4v) is 3.22. The molecule has 0 aliphatic carbocycles. The minimum Gasteiger partial charge on any atom is -0.268 e. The zero-order valence-corrected chi connectivity index (χ0v) is 17.2. The second-order valence-corrected chi connectivity index (χ2v) is 7.36. The molecule has 1 N–H and O–H groups in total. The molecule has 4 aromatic rings. The van der Waals surface area contributed by atoms with Crippen molar-refractivity contribution < 1.29 is 0 Å². The number of nitrogens with one attached hydrogen (secondary N) is 1. The molecular weight excluding hydrogens is 374 g/mol. The molecule has 150 valence electrons. The molecule has 0 saturated heterocycles. The number of pyridine rings is 1. The van der Waals surface area contributed by atoms with Gasteiger partial charge in [0, 0.05) is 6.20 Å². The Balaban J connectivity index is 1.83. The van der Waals surface area contributed by atoms with Crippen LogP contribution in [0.1, 0.15) is 37.9 Å². The Labute approximate surface area is 174 Å². The predicted molar refractivity (Wildman–Crippen MR) is 121 cm³/mol. The first-order chi connectivity index (χ1) is 14.5. The lowest BCUT2D eigenvalue weighted by atomic mass is 10.0.